The molecule has 0 radical (unpaired) electrons. The first-order valence-electron chi connectivity index (χ1n) is 6.36. The summed E-state index contributed by atoms with van der Waals surface area (Å²) in [7, 11) is -2.84. The second-order valence-corrected chi connectivity index (χ2v) is 8.09. The van der Waals surface area contributed by atoms with Crippen LogP contribution in [0, 0.1) is 5.92 Å². The van der Waals surface area contributed by atoms with Crippen LogP contribution in [-0.2, 0) is 9.84 Å². The summed E-state index contributed by atoms with van der Waals surface area (Å²) in [6.45, 7) is 3.37. The molecule has 2 aliphatic rings. The lowest BCUT2D eigenvalue weighted by Crippen LogP contribution is -2.47. The molecule has 3 nitrogen and oxygen atoms in total. The smallest absolute Gasteiger partial charge is 0.150 e. The van der Waals surface area contributed by atoms with E-state index in [1.807, 2.05) is 0 Å². The van der Waals surface area contributed by atoms with Crippen LogP contribution in [0.4, 0.5) is 0 Å². The highest BCUT2D eigenvalue weighted by Crippen LogP contribution is 2.39. The molecule has 1 heterocycles. The minimum atomic E-state index is -2.84. The second kappa shape index (κ2) is 4.30. The summed E-state index contributed by atoms with van der Waals surface area (Å²) in [6.07, 6.45) is 7.82. The molecule has 3 atom stereocenters. The molecule has 0 aromatic rings. The zero-order chi connectivity index (χ0) is 11.8. The van der Waals surface area contributed by atoms with E-state index in [-0.39, 0.29) is 10.8 Å². The van der Waals surface area contributed by atoms with Gasteiger partial charge in [-0.2, -0.15) is 0 Å². The van der Waals surface area contributed by atoms with Crippen molar-refractivity contribution in [1.82, 2.24) is 5.32 Å². The maximum atomic E-state index is 11.6. The second-order valence-electron chi connectivity index (χ2n) is 5.76. The highest BCUT2D eigenvalue weighted by Gasteiger charge is 2.41. The average molecular weight is 245 g/mol. The van der Waals surface area contributed by atoms with Gasteiger partial charge in [-0.25, -0.2) is 8.42 Å². The normalized spacial score (nSPS) is 41.1. The fourth-order valence-corrected chi connectivity index (χ4v) is 4.56. The fourth-order valence-electron chi connectivity index (χ4n) is 3.38. The van der Waals surface area contributed by atoms with Gasteiger partial charge in [-0.05, 0) is 51.5 Å². The number of rotatable bonds is 2. The zero-order valence-electron chi connectivity index (χ0n) is 10.3. The van der Waals surface area contributed by atoms with Crippen LogP contribution >= 0.6 is 0 Å². The third-order valence-electron chi connectivity index (χ3n) is 4.53. The quantitative estimate of drug-likeness (QED) is 0.806. The maximum absolute atomic E-state index is 11.6. The third kappa shape index (κ3) is 2.43. The monoisotopic (exact) mass is 245 g/mol. The Morgan fingerprint density at radius 2 is 2.00 bits per heavy atom. The zero-order valence-corrected chi connectivity index (χ0v) is 11.1. The molecule has 1 N–H and O–H groups in total. The van der Waals surface area contributed by atoms with Crippen LogP contribution in [0.3, 0.4) is 0 Å². The Bertz CT molecular complexity index is 344. The van der Waals surface area contributed by atoms with Crippen molar-refractivity contribution in [2.45, 2.75) is 56.2 Å². The Hall–Kier alpha value is -0.0900. The first kappa shape index (κ1) is 12.4. The van der Waals surface area contributed by atoms with E-state index >= 15 is 0 Å². The van der Waals surface area contributed by atoms with Gasteiger partial charge in [0.15, 0.2) is 0 Å². The van der Waals surface area contributed by atoms with Gasteiger partial charge in [0.25, 0.3) is 0 Å². The van der Waals surface area contributed by atoms with Gasteiger partial charge >= 0.3 is 0 Å². The average Bonchev–Trinajstić information content (AvgIpc) is 2.66. The van der Waals surface area contributed by atoms with Crippen LogP contribution < -0.4 is 5.32 Å². The molecule has 0 bridgehead atoms. The molecular formula is C12H23NO2S. The van der Waals surface area contributed by atoms with E-state index in [1.54, 1.807) is 0 Å². The summed E-state index contributed by atoms with van der Waals surface area (Å²) in [5.74, 6) is 0.545. The summed E-state index contributed by atoms with van der Waals surface area (Å²) in [5, 5.41) is 3.49. The van der Waals surface area contributed by atoms with Gasteiger partial charge in [-0.3, -0.25) is 0 Å². The van der Waals surface area contributed by atoms with Crippen LogP contribution in [0.2, 0.25) is 0 Å². The Morgan fingerprint density at radius 1 is 1.25 bits per heavy atom. The summed E-state index contributed by atoms with van der Waals surface area (Å²) in [4.78, 5) is 0. The fraction of sp³-hybridized carbons (Fsp3) is 1.00. The molecule has 2 rings (SSSR count). The van der Waals surface area contributed by atoms with Gasteiger partial charge in [0.2, 0.25) is 0 Å². The van der Waals surface area contributed by atoms with Gasteiger partial charge in [-0.15, -0.1) is 0 Å². The molecule has 0 amide bonds. The van der Waals surface area contributed by atoms with Crippen molar-refractivity contribution in [2.75, 3.05) is 12.8 Å². The van der Waals surface area contributed by atoms with Crippen LogP contribution in [-0.4, -0.2) is 32.0 Å². The van der Waals surface area contributed by atoms with E-state index in [4.69, 9.17) is 0 Å². The highest BCUT2D eigenvalue weighted by atomic mass is 32.2. The molecule has 1 aliphatic carbocycles. The minimum absolute atomic E-state index is 0.0922. The van der Waals surface area contributed by atoms with Crippen molar-refractivity contribution in [2.24, 2.45) is 5.92 Å². The van der Waals surface area contributed by atoms with E-state index in [0.717, 1.165) is 25.8 Å². The third-order valence-corrected chi connectivity index (χ3v) is 6.17. The highest BCUT2D eigenvalue weighted by molar-refractivity contribution is 7.91. The molecule has 0 aromatic carbocycles. The lowest BCUT2D eigenvalue weighted by molar-refractivity contribution is 0.201. The van der Waals surface area contributed by atoms with Crippen LogP contribution in [0.15, 0.2) is 0 Å². The summed E-state index contributed by atoms with van der Waals surface area (Å²) < 4.78 is 23.3. The van der Waals surface area contributed by atoms with E-state index in [1.165, 1.54) is 25.5 Å². The van der Waals surface area contributed by atoms with Crippen molar-refractivity contribution in [3.8, 4) is 0 Å². The number of sulfone groups is 1. The van der Waals surface area contributed by atoms with Crippen molar-refractivity contribution < 1.29 is 8.42 Å². The van der Waals surface area contributed by atoms with Crippen LogP contribution in [0.1, 0.15) is 45.4 Å². The standard InChI is InChI=1S/C12H23NO2S/c1-12(7-4-8-13-12)10-5-3-6-11(9-10)16(2,14)15/h10-11,13H,3-9H2,1-2H3. The van der Waals surface area contributed by atoms with E-state index in [0.29, 0.717) is 5.92 Å². The molecule has 16 heavy (non-hydrogen) atoms. The minimum Gasteiger partial charge on any atom is -0.311 e. The van der Waals surface area contributed by atoms with E-state index in [9.17, 15) is 8.42 Å². The Kier molecular flexibility index (Phi) is 3.32. The first-order valence-corrected chi connectivity index (χ1v) is 8.31. The van der Waals surface area contributed by atoms with E-state index < -0.39 is 9.84 Å². The van der Waals surface area contributed by atoms with Gasteiger partial charge in [0.1, 0.15) is 9.84 Å². The molecule has 3 unspecified atom stereocenters. The maximum Gasteiger partial charge on any atom is 0.150 e. The van der Waals surface area contributed by atoms with Crippen molar-refractivity contribution in [3.05, 3.63) is 0 Å². The Morgan fingerprint density at radius 3 is 2.56 bits per heavy atom. The van der Waals surface area contributed by atoms with Crippen molar-refractivity contribution in [1.29, 1.82) is 0 Å². The Balaban J connectivity index is 2.07. The number of nitrogens with one attached hydrogen (secondary N) is 1. The molecule has 1 saturated heterocycles. The lowest BCUT2D eigenvalue weighted by Gasteiger charge is -2.39. The molecule has 1 saturated carbocycles. The van der Waals surface area contributed by atoms with E-state index in [2.05, 4.69) is 12.2 Å². The van der Waals surface area contributed by atoms with Crippen LogP contribution in [0.25, 0.3) is 0 Å². The number of hydrogen-bond donors (Lipinski definition) is 1. The molecule has 4 heteroatoms. The number of hydrogen-bond acceptors (Lipinski definition) is 3. The molecule has 1 aliphatic heterocycles. The largest absolute Gasteiger partial charge is 0.311 e. The van der Waals surface area contributed by atoms with Gasteiger partial charge < -0.3 is 5.32 Å². The van der Waals surface area contributed by atoms with Crippen molar-refractivity contribution in [3.63, 3.8) is 0 Å². The summed E-state index contributed by atoms with van der Waals surface area (Å²) in [5.41, 5.74) is 0.198. The lowest BCUT2D eigenvalue weighted by atomic mass is 9.75. The topological polar surface area (TPSA) is 46.2 Å². The van der Waals surface area contributed by atoms with Crippen molar-refractivity contribution >= 4 is 9.84 Å². The molecule has 94 valence electrons. The summed E-state index contributed by atoms with van der Waals surface area (Å²) >= 11 is 0. The van der Waals surface area contributed by atoms with Crippen LogP contribution in [0.5, 0.6) is 0 Å². The SMILES string of the molecule is CC1(C2CCCC(S(C)(=O)=O)C2)CCCN1. The Labute approximate surface area is 98.9 Å². The molecule has 0 aromatic heterocycles. The molecule has 2 fully saturated rings. The van der Waals surface area contributed by atoms with Gasteiger partial charge in [0.05, 0.1) is 5.25 Å². The molecule has 0 spiro atoms. The first-order chi connectivity index (χ1) is 7.42. The summed E-state index contributed by atoms with van der Waals surface area (Å²) in [6, 6.07) is 0. The predicted molar refractivity (Wildman–Crippen MR) is 66.2 cm³/mol. The predicted octanol–water partition coefficient (Wildman–Crippen LogP) is 1.73. The molecular weight excluding hydrogens is 222 g/mol. The van der Waals surface area contributed by atoms with Gasteiger partial charge in [-0.1, -0.05) is 6.42 Å². The van der Waals surface area contributed by atoms with Gasteiger partial charge in [0, 0.05) is 11.8 Å².